The van der Waals surface area contributed by atoms with E-state index in [0.29, 0.717) is 25.6 Å². The molecule has 0 unspecified atom stereocenters. The number of hydrogen-bond acceptors (Lipinski definition) is 1. The molecule has 4 heteroatoms. The second kappa shape index (κ2) is 3.84. The SMILES string of the molecule is O=C1c2ccccc2-c2cc(Br)c(Cl)c(Cl)c21. The molecule has 0 saturated carbocycles. The summed E-state index contributed by atoms with van der Waals surface area (Å²) in [6.45, 7) is 0. The number of carbonyl (C=O) groups excluding carboxylic acids is 1. The predicted molar refractivity (Wildman–Crippen MR) is 73.0 cm³/mol. The Morgan fingerprint density at radius 1 is 0.941 bits per heavy atom. The molecule has 0 spiro atoms. The minimum Gasteiger partial charge on any atom is -0.289 e. The number of fused-ring (bicyclic) bond motifs is 3. The van der Waals surface area contributed by atoms with Crippen LogP contribution in [0.5, 0.6) is 0 Å². The molecule has 0 atom stereocenters. The monoisotopic (exact) mass is 326 g/mol. The van der Waals surface area contributed by atoms with Crippen molar-refractivity contribution in [1.29, 1.82) is 0 Å². The minimum atomic E-state index is -0.0602. The smallest absolute Gasteiger partial charge is 0.195 e. The predicted octanol–water partition coefficient (Wildman–Crippen LogP) is 4.97. The molecule has 0 amide bonds. The molecule has 1 nitrogen and oxygen atoms in total. The topological polar surface area (TPSA) is 17.1 Å². The molecular formula is C13H5BrCl2O. The molecule has 1 aliphatic rings. The molecular weight excluding hydrogens is 323 g/mol. The molecule has 0 heterocycles. The zero-order valence-electron chi connectivity index (χ0n) is 8.43. The third-order valence-corrected chi connectivity index (χ3v) is 4.57. The molecule has 2 aromatic rings. The van der Waals surface area contributed by atoms with Gasteiger partial charge in [-0.1, -0.05) is 47.5 Å². The number of hydrogen-bond donors (Lipinski definition) is 0. The Labute approximate surface area is 116 Å². The van der Waals surface area contributed by atoms with Gasteiger partial charge in [-0.2, -0.15) is 0 Å². The van der Waals surface area contributed by atoms with E-state index in [1.54, 1.807) is 6.07 Å². The van der Waals surface area contributed by atoms with Crippen LogP contribution in [-0.2, 0) is 0 Å². The molecule has 0 saturated heterocycles. The van der Waals surface area contributed by atoms with Gasteiger partial charge in [0.2, 0.25) is 0 Å². The largest absolute Gasteiger partial charge is 0.289 e. The van der Waals surface area contributed by atoms with E-state index in [4.69, 9.17) is 23.2 Å². The highest BCUT2D eigenvalue weighted by molar-refractivity contribution is 9.10. The fourth-order valence-electron chi connectivity index (χ4n) is 2.08. The summed E-state index contributed by atoms with van der Waals surface area (Å²) in [6.07, 6.45) is 0. The summed E-state index contributed by atoms with van der Waals surface area (Å²) in [5.74, 6) is -0.0602. The van der Waals surface area contributed by atoms with Crippen LogP contribution < -0.4 is 0 Å². The van der Waals surface area contributed by atoms with E-state index in [0.717, 1.165) is 11.1 Å². The van der Waals surface area contributed by atoms with Gasteiger partial charge in [-0.3, -0.25) is 4.79 Å². The van der Waals surface area contributed by atoms with Gasteiger partial charge in [-0.25, -0.2) is 0 Å². The highest BCUT2D eigenvalue weighted by Gasteiger charge is 2.30. The third kappa shape index (κ3) is 1.48. The van der Waals surface area contributed by atoms with E-state index < -0.39 is 0 Å². The highest BCUT2D eigenvalue weighted by Crippen LogP contribution is 2.45. The van der Waals surface area contributed by atoms with Crippen LogP contribution in [-0.4, -0.2) is 5.78 Å². The van der Waals surface area contributed by atoms with Crippen molar-refractivity contribution in [2.24, 2.45) is 0 Å². The second-order valence-electron chi connectivity index (χ2n) is 3.78. The molecule has 0 aromatic heterocycles. The van der Waals surface area contributed by atoms with E-state index in [1.807, 2.05) is 24.3 Å². The fourth-order valence-corrected chi connectivity index (χ4v) is 3.06. The zero-order chi connectivity index (χ0) is 12.2. The van der Waals surface area contributed by atoms with Crippen molar-refractivity contribution >= 4 is 44.9 Å². The summed E-state index contributed by atoms with van der Waals surface area (Å²) in [5.41, 5.74) is 2.93. The van der Waals surface area contributed by atoms with Gasteiger partial charge in [0.15, 0.2) is 5.78 Å². The van der Waals surface area contributed by atoms with Crippen molar-refractivity contribution in [3.63, 3.8) is 0 Å². The lowest BCUT2D eigenvalue weighted by Crippen LogP contribution is -1.96. The van der Waals surface area contributed by atoms with Crippen LogP contribution in [0.15, 0.2) is 34.8 Å². The van der Waals surface area contributed by atoms with Crippen molar-refractivity contribution < 1.29 is 4.79 Å². The van der Waals surface area contributed by atoms with Gasteiger partial charge >= 0.3 is 0 Å². The van der Waals surface area contributed by atoms with Gasteiger partial charge in [-0.15, -0.1) is 0 Å². The van der Waals surface area contributed by atoms with Gasteiger partial charge < -0.3 is 0 Å². The van der Waals surface area contributed by atoms with Crippen molar-refractivity contribution in [2.75, 3.05) is 0 Å². The molecule has 0 radical (unpaired) electrons. The first-order chi connectivity index (χ1) is 8.11. The standard InChI is InChI=1S/C13H5BrCl2O/c14-9-5-8-6-3-1-2-4-7(6)13(17)10(8)12(16)11(9)15/h1-5H. The molecule has 0 N–H and O–H groups in total. The number of rotatable bonds is 0. The Morgan fingerprint density at radius 2 is 1.59 bits per heavy atom. The van der Waals surface area contributed by atoms with E-state index in [2.05, 4.69) is 15.9 Å². The molecule has 0 fully saturated rings. The average Bonchev–Trinajstić information content (AvgIpc) is 2.61. The normalized spacial score (nSPS) is 12.5. The number of benzene rings is 2. The van der Waals surface area contributed by atoms with E-state index in [-0.39, 0.29) is 5.78 Å². The molecule has 0 bridgehead atoms. The molecule has 0 aliphatic heterocycles. The van der Waals surface area contributed by atoms with Crippen molar-refractivity contribution in [3.8, 4) is 11.1 Å². The Bertz CT molecular complexity index is 665. The van der Waals surface area contributed by atoms with E-state index >= 15 is 0 Å². The van der Waals surface area contributed by atoms with E-state index in [9.17, 15) is 4.79 Å². The van der Waals surface area contributed by atoms with Gasteiger partial charge in [0.1, 0.15) is 0 Å². The molecule has 17 heavy (non-hydrogen) atoms. The molecule has 1 aliphatic carbocycles. The fraction of sp³-hybridized carbons (Fsp3) is 0. The van der Waals surface area contributed by atoms with Gasteiger partial charge in [0.05, 0.1) is 15.6 Å². The minimum absolute atomic E-state index is 0.0602. The number of carbonyl (C=O) groups is 1. The quantitative estimate of drug-likeness (QED) is 0.533. The summed E-state index contributed by atoms with van der Waals surface area (Å²) in [7, 11) is 0. The molecule has 3 rings (SSSR count). The maximum Gasteiger partial charge on any atom is 0.195 e. The van der Waals surface area contributed by atoms with Crippen LogP contribution in [0, 0.1) is 0 Å². The molecule has 84 valence electrons. The Kier molecular flexibility index (Phi) is 2.54. The van der Waals surface area contributed by atoms with Crippen LogP contribution in [0.4, 0.5) is 0 Å². The first-order valence-electron chi connectivity index (χ1n) is 4.93. The second-order valence-corrected chi connectivity index (χ2v) is 5.39. The summed E-state index contributed by atoms with van der Waals surface area (Å²) in [5, 5.41) is 0.698. The van der Waals surface area contributed by atoms with E-state index in [1.165, 1.54) is 0 Å². The number of halogens is 3. The summed E-state index contributed by atoms with van der Waals surface area (Å²) in [6, 6.07) is 9.30. The Hall–Kier alpha value is -0.830. The van der Waals surface area contributed by atoms with Crippen LogP contribution >= 0.6 is 39.1 Å². The number of ketones is 1. The lowest BCUT2D eigenvalue weighted by Gasteiger charge is -2.05. The maximum atomic E-state index is 12.2. The summed E-state index contributed by atoms with van der Waals surface area (Å²) >= 11 is 15.5. The zero-order valence-corrected chi connectivity index (χ0v) is 11.5. The summed E-state index contributed by atoms with van der Waals surface area (Å²) < 4.78 is 0.701. The third-order valence-electron chi connectivity index (χ3n) is 2.85. The van der Waals surface area contributed by atoms with Crippen LogP contribution in [0.25, 0.3) is 11.1 Å². The van der Waals surface area contributed by atoms with Crippen LogP contribution in [0.2, 0.25) is 10.0 Å². The highest BCUT2D eigenvalue weighted by atomic mass is 79.9. The lowest BCUT2D eigenvalue weighted by molar-refractivity contribution is 0.104. The van der Waals surface area contributed by atoms with Gasteiger partial charge in [-0.05, 0) is 33.1 Å². The van der Waals surface area contributed by atoms with Crippen molar-refractivity contribution in [1.82, 2.24) is 0 Å². The Morgan fingerprint density at radius 3 is 2.29 bits per heavy atom. The van der Waals surface area contributed by atoms with Crippen LogP contribution in [0.1, 0.15) is 15.9 Å². The Balaban J connectivity index is 2.44. The van der Waals surface area contributed by atoms with Gasteiger partial charge in [0, 0.05) is 10.0 Å². The van der Waals surface area contributed by atoms with Gasteiger partial charge in [0.25, 0.3) is 0 Å². The average molecular weight is 328 g/mol. The first-order valence-corrected chi connectivity index (χ1v) is 6.47. The van der Waals surface area contributed by atoms with Crippen LogP contribution in [0.3, 0.4) is 0 Å². The first kappa shape index (κ1) is 11.3. The molecule has 2 aromatic carbocycles. The lowest BCUT2D eigenvalue weighted by atomic mass is 10.1. The summed E-state index contributed by atoms with van der Waals surface area (Å²) in [4.78, 5) is 12.2. The maximum absolute atomic E-state index is 12.2. The van der Waals surface area contributed by atoms with Crippen molar-refractivity contribution in [3.05, 3.63) is 56.0 Å². The van der Waals surface area contributed by atoms with Crippen molar-refractivity contribution in [2.45, 2.75) is 0 Å².